The van der Waals surface area contributed by atoms with Crippen LogP contribution in [0.5, 0.6) is 0 Å². The van der Waals surface area contributed by atoms with E-state index < -0.39 is 71.2 Å². The summed E-state index contributed by atoms with van der Waals surface area (Å²) in [7, 11) is -9.75. The van der Waals surface area contributed by atoms with E-state index in [0.29, 0.717) is 5.69 Å². The van der Waals surface area contributed by atoms with E-state index in [2.05, 4.69) is 34.5 Å². The quantitative estimate of drug-likeness (QED) is 0.0952. The summed E-state index contributed by atoms with van der Waals surface area (Å²) in [6.45, 7) is -1.07. The minimum atomic E-state index is -4.87. The van der Waals surface area contributed by atoms with E-state index in [1.807, 2.05) is 0 Å². The molecule has 238 valence electrons. The van der Waals surface area contributed by atoms with Crippen molar-refractivity contribution in [1.29, 1.82) is 0 Å². The zero-order valence-corrected chi connectivity index (χ0v) is 24.0. The summed E-state index contributed by atoms with van der Waals surface area (Å²) < 4.78 is 53.7. The lowest BCUT2D eigenvalue weighted by Gasteiger charge is -2.23. The highest BCUT2D eigenvalue weighted by molar-refractivity contribution is 7.47. The van der Waals surface area contributed by atoms with Crippen molar-refractivity contribution in [3.8, 4) is 0 Å². The first-order valence-corrected chi connectivity index (χ1v) is 15.8. The first kappa shape index (κ1) is 30.6. The van der Waals surface area contributed by atoms with Gasteiger partial charge in [-0.3, -0.25) is 27.9 Å². The number of ether oxygens (including phenoxy) is 2. The molecular formula is C20H26N10O12P2. The number of aliphatic hydroxyl groups is 1. The lowest BCUT2D eigenvalue weighted by molar-refractivity contribution is -0.0518. The van der Waals surface area contributed by atoms with Crippen molar-refractivity contribution in [2.75, 3.05) is 24.7 Å². The molecule has 24 heteroatoms. The van der Waals surface area contributed by atoms with E-state index in [-0.39, 0.29) is 41.4 Å². The summed E-state index contributed by atoms with van der Waals surface area (Å²) in [5.41, 5.74) is 11.3. The number of aliphatic hydroxyl groups excluding tert-OH is 1. The fourth-order valence-corrected chi connectivity index (χ4v) is 6.33. The second-order valence-corrected chi connectivity index (χ2v) is 12.5. The van der Waals surface area contributed by atoms with E-state index in [1.165, 1.54) is 21.6 Å². The van der Waals surface area contributed by atoms with Gasteiger partial charge in [0.05, 0.1) is 49.7 Å². The number of nitrogens with two attached hydrogens (primary N) is 2. The fourth-order valence-electron chi connectivity index (χ4n) is 5.02. The number of hydrogen-bond acceptors (Lipinski definition) is 16. The van der Waals surface area contributed by atoms with Gasteiger partial charge < -0.3 is 40.7 Å². The molecule has 0 aliphatic carbocycles. The molecule has 22 nitrogen and oxygen atoms in total. The van der Waals surface area contributed by atoms with Gasteiger partial charge in [-0.1, -0.05) is 0 Å². The number of fused-ring (bicyclic) bond motifs is 2. The average molecular weight is 660 g/mol. The predicted molar refractivity (Wildman–Crippen MR) is 143 cm³/mol. The number of rotatable bonds is 10. The highest BCUT2D eigenvalue weighted by Crippen LogP contribution is 2.50. The number of aromatic amines is 1. The smallest absolute Gasteiger partial charge is 0.390 e. The Balaban J connectivity index is 1.16. The molecule has 4 aromatic heterocycles. The van der Waals surface area contributed by atoms with Gasteiger partial charge >= 0.3 is 15.6 Å². The molecule has 0 aromatic carbocycles. The highest BCUT2D eigenvalue weighted by Gasteiger charge is 2.44. The SMILES string of the molecule is Nc1nc2c(ncn2[C@@H]2O[C@H](COP(=O)(O)O)CC2OP(=O)(O)OC[C@@H]2C[C@@H](O)[C@H](c3cnc4c(N)ncnn34)O2)c(=O)[nH]1. The van der Waals surface area contributed by atoms with Crippen LogP contribution in [-0.4, -0.2) is 96.5 Å². The van der Waals surface area contributed by atoms with Crippen LogP contribution in [0.1, 0.15) is 30.9 Å². The number of nitrogen functional groups attached to an aromatic ring is 2. The second-order valence-electron chi connectivity index (χ2n) is 9.90. The molecular weight excluding hydrogens is 634 g/mol. The molecule has 6 rings (SSSR count). The van der Waals surface area contributed by atoms with Crippen LogP contribution in [0.15, 0.2) is 23.6 Å². The van der Waals surface area contributed by atoms with Crippen LogP contribution in [0.25, 0.3) is 16.8 Å². The highest BCUT2D eigenvalue weighted by atomic mass is 31.2. The van der Waals surface area contributed by atoms with Crippen molar-refractivity contribution in [2.45, 2.75) is 49.6 Å². The van der Waals surface area contributed by atoms with E-state index in [1.54, 1.807) is 0 Å². The summed E-state index contributed by atoms with van der Waals surface area (Å²) in [6.07, 6.45) is -2.78. The van der Waals surface area contributed by atoms with Crippen LogP contribution < -0.4 is 17.0 Å². The van der Waals surface area contributed by atoms with Crippen molar-refractivity contribution in [3.63, 3.8) is 0 Å². The van der Waals surface area contributed by atoms with Crippen LogP contribution >= 0.6 is 15.6 Å². The molecule has 0 radical (unpaired) electrons. The maximum absolute atomic E-state index is 13.1. The number of aromatic nitrogens is 8. The Morgan fingerprint density at radius 3 is 2.57 bits per heavy atom. The molecule has 2 aliphatic heterocycles. The van der Waals surface area contributed by atoms with Crippen LogP contribution in [0.3, 0.4) is 0 Å². The van der Waals surface area contributed by atoms with E-state index in [4.69, 9.17) is 39.8 Å². The van der Waals surface area contributed by atoms with Gasteiger partial charge in [-0.05, 0) is 0 Å². The average Bonchev–Trinajstić information content (AvgIpc) is 3.71. The van der Waals surface area contributed by atoms with Gasteiger partial charge in [-0.15, -0.1) is 0 Å². The van der Waals surface area contributed by atoms with Gasteiger partial charge in [-0.25, -0.2) is 28.6 Å². The zero-order valence-electron chi connectivity index (χ0n) is 22.3. The minimum Gasteiger partial charge on any atom is -0.390 e. The first-order valence-electron chi connectivity index (χ1n) is 12.8. The van der Waals surface area contributed by atoms with Crippen molar-refractivity contribution in [3.05, 3.63) is 34.9 Å². The molecule has 44 heavy (non-hydrogen) atoms. The Hall–Kier alpha value is -3.40. The number of H-pyrrole nitrogens is 1. The monoisotopic (exact) mass is 660 g/mol. The number of nitrogens with zero attached hydrogens (tertiary/aromatic N) is 7. The fraction of sp³-hybridized carbons (Fsp3) is 0.500. The van der Waals surface area contributed by atoms with Gasteiger partial charge in [0.15, 0.2) is 28.9 Å². The summed E-state index contributed by atoms with van der Waals surface area (Å²) in [5.74, 6) is -0.120. The Labute approximate surface area is 244 Å². The number of phosphoric ester groups is 2. The molecule has 0 bridgehead atoms. The van der Waals surface area contributed by atoms with Crippen LogP contribution in [-0.2, 0) is 32.2 Å². The van der Waals surface area contributed by atoms with Crippen molar-refractivity contribution in [2.24, 2.45) is 0 Å². The predicted octanol–water partition coefficient (Wildman–Crippen LogP) is -1.49. The maximum atomic E-state index is 13.1. The summed E-state index contributed by atoms with van der Waals surface area (Å²) in [5, 5.41) is 14.7. The van der Waals surface area contributed by atoms with Crippen molar-refractivity contribution in [1.82, 2.24) is 39.1 Å². The topological polar surface area (TPSA) is 320 Å². The molecule has 4 aromatic rings. The molecule has 0 saturated carbocycles. The Bertz CT molecular complexity index is 1840. The van der Waals surface area contributed by atoms with Gasteiger partial charge in [0.25, 0.3) is 5.56 Å². The van der Waals surface area contributed by atoms with E-state index in [9.17, 15) is 23.9 Å². The molecule has 2 unspecified atom stereocenters. The number of imidazole rings is 2. The summed E-state index contributed by atoms with van der Waals surface area (Å²) in [6, 6.07) is 0. The van der Waals surface area contributed by atoms with Crippen LogP contribution in [0.2, 0.25) is 0 Å². The zero-order chi connectivity index (χ0) is 31.4. The Kier molecular flexibility index (Phi) is 8.01. The normalized spacial score (nSPS) is 27.4. The molecule has 2 aliphatic rings. The summed E-state index contributed by atoms with van der Waals surface area (Å²) >= 11 is 0. The van der Waals surface area contributed by atoms with Crippen molar-refractivity contribution >= 4 is 44.2 Å². The van der Waals surface area contributed by atoms with Gasteiger partial charge in [0.1, 0.15) is 18.5 Å². The van der Waals surface area contributed by atoms with Gasteiger partial charge in [-0.2, -0.15) is 10.1 Å². The van der Waals surface area contributed by atoms with Gasteiger partial charge in [0.2, 0.25) is 5.95 Å². The lowest BCUT2D eigenvalue weighted by atomic mass is 10.1. The molecule has 0 amide bonds. The van der Waals surface area contributed by atoms with Crippen molar-refractivity contribution < 1.29 is 52.0 Å². The third-order valence-electron chi connectivity index (χ3n) is 6.83. The van der Waals surface area contributed by atoms with Gasteiger partial charge in [0, 0.05) is 12.8 Å². The Morgan fingerprint density at radius 1 is 1.05 bits per heavy atom. The third kappa shape index (κ3) is 6.23. The molecule has 2 fully saturated rings. The number of anilines is 2. The molecule has 2 saturated heterocycles. The second kappa shape index (κ2) is 11.5. The largest absolute Gasteiger partial charge is 0.472 e. The standard InChI is InChI=1S/C20H26N10O12P2/c21-15-17-23-3-10(30(17)26-6-24-15)14-11(31)1-8(40-14)5-39-44(36,37)42-12-2-9(4-38-43(33,34)35)41-19(12)29-7-25-13-16(29)27-20(22)28-18(13)32/h3,6-9,11-12,14,19,31H,1-2,4-5H2,(H,36,37)(H2,21,24,26)(H2,33,34,35)(H3,22,27,28,32)/t8-,9-,11+,12?,14-,19+/m0/s1. The Morgan fingerprint density at radius 2 is 1.80 bits per heavy atom. The first-order chi connectivity index (χ1) is 20.8. The molecule has 6 heterocycles. The van der Waals surface area contributed by atoms with Crippen LogP contribution in [0.4, 0.5) is 11.8 Å². The minimum absolute atomic E-state index is 0.0259. The molecule has 9 N–H and O–H groups in total. The third-order valence-corrected chi connectivity index (χ3v) is 8.33. The summed E-state index contributed by atoms with van der Waals surface area (Å²) in [4.78, 5) is 59.3. The van der Waals surface area contributed by atoms with Crippen LogP contribution in [0, 0.1) is 0 Å². The number of nitrogens with one attached hydrogen (secondary N) is 1. The maximum Gasteiger partial charge on any atom is 0.472 e. The lowest BCUT2D eigenvalue weighted by Crippen LogP contribution is -2.23. The van der Waals surface area contributed by atoms with E-state index >= 15 is 0 Å². The van der Waals surface area contributed by atoms with E-state index in [0.717, 1.165) is 6.33 Å². The molecule has 7 atom stereocenters. The number of phosphoric acid groups is 2. The number of hydrogen-bond donors (Lipinski definition) is 7. The molecule has 0 spiro atoms.